The van der Waals surface area contributed by atoms with Gasteiger partial charge < -0.3 is 15.8 Å². The molecule has 3 N–H and O–H groups in total. The van der Waals surface area contributed by atoms with E-state index >= 15 is 0 Å². The molecular formula is C22H25FN2O2. The SMILES string of the molecule is C/C(N)=C(\C=C/C(C)C)C(=O)NCc1ccc(Oc2ccc(F)cc2)cc1. The maximum absolute atomic E-state index is 12.9. The molecule has 0 atom stereocenters. The highest BCUT2D eigenvalue weighted by Gasteiger charge is 2.09. The highest BCUT2D eigenvalue weighted by molar-refractivity contribution is 5.96. The van der Waals surface area contributed by atoms with Gasteiger partial charge >= 0.3 is 0 Å². The summed E-state index contributed by atoms with van der Waals surface area (Å²) in [6, 6.07) is 13.1. The van der Waals surface area contributed by atoms with Crippen LogP contribution in [0.15, 0.2) is 72.0 Å². The van der Waals surface area contributed by atoms with Crippen LogP contribution in [-0.2, 0) is 11.3 Å². The molecule has 0 fully saturated rings. The van der Waals surface area contributed by atoms with Gasteiger partial charge in [0.1, 0.15) is 17.3 Å². The predicted octanol–water partition coefficient (Wildman–Crippen LogP) is 4.68. The van der Waals surface area contributed by atoms with Crippen LogP contribution in [-0.4, -0.2) is 5.91 Å². The van der Waals surface area contributed by atoms with Crippen molar-refractivity contribution in [2.75, 3.05) is 0 Å². The molecule has 0 radical (unpaired) electrons. The first-order chi connectivity index (χ1) is 12.8. The molecule has 27 heavy (non-hydrogen) atoms. The van der Waals surface area contributed by atoms with E-state index in [0.717, 1.165) is 5.56 Å². The summed E-state index contributed by atoms with van der Waals surface area (Å²) in [7, 11) is 0. The second kappa shape index (κ2) is 9.57. The Kier molecular flexibility index (Phi) is 7.17. The summed E-state index contributed by atoms with van der Waals surface area (Å²) >= 11 is 0. The standard InChI is InChI=1S/C22H25FN2O2/c1-15(2)4-13-21(16(3)24)22(26)25-14-17-5-9-19(10-6-17)27-20-11-7-18(23)8-12-20/h4-13,15H,14,24H2,1-3H3,(H,25,26)/b13-4-,21-16-. The van der Waals surface area contributed by atoms with E-state index in [4.69, 9.17) is 10.5 Å². The highest BCUT2D eigenvalue weighted by atomic mass is 19.1. The molecule has 4 nitrogen and oxygen atoms in total. The topological polar surface area (TPSA) is 64.4 Å². The molecule has 0 aliphatic rings. The maximum atomic E-state index is 12.9. The van der Waals surface area contributed by atoms with Crippen molar-refractivity contribution < 1.29 is 13.9 Å². The number of nitrogens with one attached hydrogen (secondary N) is 1. The van der Waals surface area contributed by atoms with Gasteiger partial charge in [-0.25, -0.2) is 4.39 Å². The summed E-state index contributed by atoms with van der Waals surface area (Å²) in [5.74, 6) is 1.01. The van der Waals surface area contributed by atoms with Crippen LogP contribution >= 0.6 is 0 Å². The number of carbonyl (C=O) groups is 1. The molecule has 2 aromatic rings. The van der Waals surface area contributed by atoms with Gasteiger partial charge in [-0.1, -0.05) is 38.1 Å². The summed E-state index contributed by atoms with van der Waals surface area (Å²) in [4.78, 5) is 12.4. The number of hydrogen-bond donors (Lipinski definition) is 2. The number of rotatable bonds is 7. The molecule has 0 spiro atoms. The number of ether oxygens (including phenoxy) is 1. The average molecular weight is 368 g/mol. The fourth-order valence-corrected chi connectivity index (χ4v) is 2.27. The Labute approximate surface area is 159 Å². The zero-order chi connectivity index (χ0) is 19.8. The smallest absolute Gasteiger partial charge is 0.253 e. The van der Waals surface area contributed by atoms with E-state index in [9.17, 15) is 9.18 Å². The third kappa shape index (κ3) is 6.62. The normalized spacial score (nSPS) is 12.2. The van der Waals surface area contributed by atoms with Crippen LogP contribution in [0.3, 0.4) is 0 Å². The summed E-state index contributed by atoms with van der Waals surface area (Å²) in [6.45, 7) is 6.16. The number of benzene rings is 2. The van der Waals surface area contributed by atoms with E-state index in [0.29, 0.717) is 35.2 Å². The summed E-state index contributed by atoms with van der Waals surface area (Å²) < 4.78 is 18.6. The number of nitrogens with two attached hydrogens (primary N) is 1. The van der Waals surface area contributed by atoms with Crippen LogP contribution in [0.4, 0.5) is 4.39 Å². The number of halogens is 1. The van der Waals surface area contributed by atoms with Gasteiger partial charge in [-0.2, -0.15) is 0 Å². The van der Waals surface area contributed by atoms with Crippen molar-refractivity contribution in [3.05, 3.63) is 83.3 Å². The Morgan fingerprint density at radius 3 is 2.19 bits per heavy atom. The lowest BCUT2D eigenvalue weighted by atomic mass is 10.1. The minimum absolute atomic E-state index is 0.210. The van der Waals surface area contributed by atoms with Crippen molar-refractivity contribution in [1.29, 1.82) is 0 Å². The first kappa shape index (κ1) is 20.2. The van der Waals surface area contributed by atoms with Crippen LogP contribution in [0.5, 0.6) is 11.5 Å². The summed E-state index contributed by atoms with van der Waals surface area (Å²) in [6.07, 6.45) is 3.70. The fraction of sp³-hybridized carbons (Fsp3) is 0.227. The second-order valence-electron chi connectivity index (χ2n) is 6.58. The Hall–Kier alpha value is -3.08. The minimum Gasteiger partial charge on any atom is -0.457 e. The molecule has 1 amide bonds. The van der Waals surface area contributed by atoms with Crippen molar-refractivity contribution in [3.63, 3.8) is 0 Å². The second-order valence-corrected chi connectivity index (χ2v) is 6.58. The fourth-order valence-electron chi connectivity index (χ4n) is 2.27. The van der Waals surface area contributed by atoms with Crippen molar-refractivity contribution in [2.45, 2.75) is 27.3 Å². The largest absolute Gasteiger partial charge is 0.457 e. The molecule has 0 saturated heterocycles. The number of amides is 1. The van der Waals surface area contributed by atoms with Gasteiger partial charge in [-0.15, -0.1) is 0 Å². The third-order valence-electron chi connectivity index (χ3n) is 3.74. The molecule has 0 saturated carbocycles. The molecule has 0 bridgehead atoms. The lowest BCUT2D eigenvalue weighted by Gasteiger charge is -2.09. The highest BCUT2D eigenvalue weighted by Crippen LogP contribution is 2.21. The first-order valence-electron chi connectivity index (χ1n) is 8.80. The van der Waals surface area contributed by atoms with Gasteiger partial charge in [0.05, 0.1) is 5.57 Å². The molecule has 142 valence electrons. The third-order valence-corrected chi connectivity index (χ3v) is 3.74. The van der Waals surface area contributed by atoms with E-state index in [2.05, 4.69) is 5.32 Å². The molecule has 0 heterocycles. The summed E-state index contributed by atoms with van der Waals surface area (Å²) in [5, 5.41) is 2.87. The zero-order valence-corrected chi connectivity index (χ0v) is 15.8. The van der Waals surface area contributed by atoms with Crippen LogP contribution in [0.2, 0.25) is 0 Å². The van der Waals surface area contributed by atoms with Crippen LogP contribution < -0.4 is 15.8 Å². The van der Waals surface area contributed by atoms with Gasteiger partial charge in [0.25, 0.3) is 5.91 Å². The van der Waals surface area contributed by atoms with Gasteiger partial charge in [0.15, 0.2) is 0 Å². The Morgan fingerprint density at radius 1 is 1.11 bits per heavy atom. The minimum atomic E-state index is -0.308. The first-order valence-corrected chi connectivity index (χ1v) is 8.80. The van der Waals surface area contributed by atoms with Crippen LogP contribution in [0.25, 0.3) is 0 Å². The maximum Gasteiger partial charge on any atom is 0.253 e. The van der Waals surface area contributed by atoms with E-state index in [1.807, 2.05) is 32.1 Å². The lowest BCUT2D eigenvalue weighted by molar-refractivity contribution is -0.117. The van der Waals surface area contributed by atoms with Crippen molar-refractivity contribution in [2.24, 2.45) is 11.7 Å². The van der Waals surface area contributed by atoms with E-state index in [-0.39, 0.29) is 11.7 Å². The van der Waals surface area contributed by atoms with E-state index < -0.39 is 0 Å². The van der Waals surface area contributed by atoms with Crippen molar-refractivity contribution in [1.82, 2.24) is 5.32 Å². The van der Waals surface area contributed by atoms with Crippen LogP contribution in [0, 0.1) is 11.7 Å². The predicted molar refractivity (Wildman–Crippen MR) is 106 cm³/mol. The van der Waals surface area contributed by atoms with Gasteiger partial charge in [-0.05, 0) is 54.8 Å². The molecule has 0 unspecified atom stereocenters. The Morgan fingerprint density at radius 2 is 1.67 bits per heavy atom. The van der Waals surface area contributed by atoms with Gasteiger partial charge in [-0.3, -0.25) is 4.79 Å². The molecule has 2 rings (SSSR count). The molecule has 2 aromatic carbocycles. The monoisotopic (exact) mass is 368 g/mol. The molecule has 5 heteroatoms. The average Bonchev–Trinajstić information content (AvgIpc) is 2.62. The number of allylic oxidation sites excluding steroid dienone is 2. The zero-order valence-electron chi connectivity index (χ0n) is 15.8. The summed E-state index contributed by atoms with van der Waals surface area (Å²) in [5.41, 5.74) is 7.70. The van der Waals surface area contributed by atoms with Crippen molar-refractivity contribution in [3.8, 4) is 11.5 Å². The quantitative estimate of drug-likeness (QED) is 0.551. The molecular weight excluding hydrogens is 343 g/mol. The van der Waals surface area contributed by atoms with E-state index in [1.165, 1.54) is 12.1 Å². The van der Waals surface area contributed by atoms with Gasteiger partial charge in [0.2, 0.25) is 0 Å². The van der Waals surface area contributed by atoms with E-state index in [1.54, 1.807) is 37.3 Å². The lowest BCUT2D eigenvalue weighted by Crippen LogP contribution is -2.25. The van der Waals surface area contributed by atoms with Gasteiger partial charge in [0, 0.05) is 12.2 Å². The van der Waals surface area contributed by atoms with Crippen molar-refractivity contribution >= 4 is 5.91 Å². The molecule has 0 aromatic heterocycles. The number of carbonyl (C=O) groups excluding carboxylic acids is 1. The van der Waals surface area contributed by atoms with Crippen LogP contribution in [0.1, 0.15) is 26.3 Å². The molecule has 0 aliphatic heterocycles. The molecule has 0 aliphatic carbocycles. The Bertz CT molecular complexity index is 818. The number of hydrogen-bond acceptors (Lipinski definition) is 3. The Balaban J connectivity index is 1.95.